The second-order valence-corrected chi connectivity index (χ2v) is 5.00. The SMILES string of the molecule is Cc1c(C(=O)N/N=C/c2ccc(O)c(O)c2)oc2ccccc12. The number of rotatable bonds is 3. The molecule has 0 radical (unpaired) electrons. The maximum Gasteiger partial charge on any atom is 0.307 e. The van der Waals surface area contributed by atoms with Gasteiger partial charge in [0.25, 0.3) is 0 Å². The molecule has 1 aromatic heterocycles. The summed E-state index contributed by atoms with van der Waals surface area (Å²) < 4.78 is 5.54. The molecular formula is C17H14N2O4. The van der Waals surface area contributed by atoms with E-state index in [4.69, 9.17) is 4.42 Å². The number of aryl methyl sites for hydroxylation is 1. The fraction of sp³-hybridized carbons (Fsp3) is 0.0588. The number of phenolic OH excluding ortho intramolecular Hbond substituents is 2. The molecule has 1 amide bonds. The molecule has 0 saturated heterocycles. The van der Waals surface area contributed by atoms with Crippen molar-refractivity contribution in [3.63, 3.8) is 0 Å². The van der Waals surface area contributed by atoms with E-state index in [9.17, 15) is 15.0 Å². The molecule has 23 heavy (non-hydrogen) atoms. The Morgan fingerprint density at radius 3 is 2.70 bits per heavy atom. The van der Waals surface area contributed by atoms with Gasteiger partial charge in [0.05, 0.1) is 6.21 Å². The average Bonchev–Trinajstić information content (AvgIpc) is 2.88. The van der Waals surface area contributed by atoms with E-state index in [0.29, 0.717) is 11.1 Å². The largest absolute Gasteiger partial charge is 0.504 e. The number of hydrogen-bond donors (Lipinski definition) is 3. The Kier molecular flexibility index (Phi) is 3.72. The van der Waals surface area contributed by atoms with E-state index in [1.54, 1.807) is 12.1 Å². The predicted molar refractivity (Wildman–Crippen MR) is 85.8 cm³/mol. The lowest BCUT2D eigenvalue weighted by Gasteiger charge is -1.99. The highest BCUT2D eigenvalue weighted by atomic mass is 16.3. The molecule has 6 heteroatoms. The van der Waals surface area contributed by atoms with E-state index in [0.717, 1.165) is 10.9 Å². The fourth-order valence-electron chi connectivity index (χ4n) is 2.23. The Morgan fingerprint density at radius 1 is 1.17 bits per heavy atom. The van der Waals surface area contributed by atoms with Crippen molar-refractivity contribution in [1.29, 1.82) is 0 Å². The van der Waals surface area contributed by atoms with Crippen molar-refractivity contribution in [3.8, 4) is 11.5 Å². The van der Waals surface area contributed by atoms with E-state index >= 15 is 0 Å². The first kappa shape index (κ1) is 14.6. The number of hydrazone groups is 1. The molecule has 3 rings (SSSR count). The summed E-state index contributed by atoms with van der Waals surface area (Å²) in [6, 6.07) is 11.6. The second kappa shape index (κ2) is 5.84. The topological polar surface area (TPSA) is 95.1 Å². The van der Waals surface area contributed by atoms with Crippen LogP contribution in [0.2, 0.25) is 0 Å². The number of aromatic hydroxyl groups is 2. The summed E-state index contributed by atoms with van der Waals surface area (Å²) in [6.45, 7) is 1.81. The van der Waals surface area contributed by atoms with Crippen LogP contribution in [0.4, 0.5) is 0 Å². The second-order valence-electron chi connectivity index (χ2n) is 5.00. The van der Waals surface area contributed by atoms with E-state index < -0.39 is 5.91 Å². The number of carbonyl (C=O) groups is 1. The van der Waals surface area contributed by atoms with Crippen molar-refractivity contribution in [3.05, 3.63) is 59.4 Å². The van der Waals surface area contributed by atoms with Crippen LogP contribution in [0.1, 0.15) is 21.7 Å². The fourth-order valence-corrected chi connectivity index (χ4v) is 2.23. The summed E-state index contributed by atoms with van der Waals surface area (Å²) >= 11 is 0. The number of phenols is 2. The minimum absolute atomic E-state index is 0.205. The standard InChI is InChI=1S/C17H14N2O4/c1-10-12-4-2-3-5-15(12)23-16(10)17(22)19-18-9-11-6-7-13(20)14(21)8-11/h2-9,20-21H,1H3,(H,19,22)/b18-9+. The van der Waals surface area contributed by atoms with Crippen molar-refractivity contribution in [2.24, 2.45) is 5.10 Å². The van der Waals surface area contributed by atoms with E-state index in [-0.39, 0.29) is 17.3 Å². The van der Waals surface area contributed by atoms with Gasteiger partial charge >= 0.3 is 5.91 Å². The summed E-state index contributed by atoms with van der Waals surface area (Å²) in [6.07, 6.45) is 1.36. The summed E-state index contributed by atoms with van der Waals surface area (Å²) in [4.78, 5) is 12.1. The van der Waals surface area contributed by atoms with Crippen molar-refractivity contribution in [2.75, 3.05) is 0 Å². The molecule has 3 aromatic rings. The molecule has 0 aliphatic heterocycles. The first-order valence-corrected chi connectivity index (χ1v) is 6.90. The zero-order chi connectivity index (χ0) is 16.4. The summed E-state index contributed by atoms with van der Waals surface area (Å²) in [5, 5.41) is 23.3. The van der Waals surface area contributed by atoms with Gasteiger partial charge in [0.15, 0.2) is 17.3 Å². The number of benzene rings is 2. The van der Waals surface area contributed by atoms with E-state index in [1.807, 2.05) is 25.1 Å². The van der Waals surface area contributed by atoms with Crippen LogP contribution in [0.15, 0.2) is 52.0 Å². The van der Waals surface area contributed by atoms with Crippen LogP contribution in [-0.4, -0.2) is 22.3 Å². The zero-order valence-corrected chi connectivity index (χ0v) is 12.3. The monoisotopic (exact) mass is 310 g/mol. The van der Waals surface area contributed by atoms with Gasteiger partial charge in [0.2, 0.25) is 0 Å². The van der Waals surface area contributed by atoms with Crippen LogP contribution < -0.4 is 5.43 Å². The van der Waals surface area contributed by atoms with E-state index in [2.05, 4.69) is 10.5 Å². The molecule has 1 heterocycles. The van der Waals surface area contributed by atoms with Crippen LogP contribution in [0, 0.1) is 6.92 Å². The van der Waals surface area contributed by atoms with Crippen LogP contribution in [0.5, 0.6) is 11.5 Å². The average molecular weight is 310 g/mol. The highest BCUT2D eigenvalue weighted by molar-refractivity contribution is 5.99. The lowest BCUT2D eigenvalue weighted by Crippen LogP contribution is -2.17. The minimum Gasteiger partial charge on any atom is -0.504 e. The summed E-state index contributed by atoms with van der Waals surface area (Å²) in [7, 11) is 0. The van der Waals surface area contributed by atoms with E-state index in [1.165, 1.54) is 18.3 Å². The van der Waals surface area contributed by atoms with Gasteiger partial charge in [-0.05, 0) is 36.8 Å². The van der Waals surface area contributed by atoms with Gasteiger partial charge in [-0.2, -0.15) is 5.10 Å². The van der Waals surface area contributed by atoms with Gasteiger partial charge in [0.1, 0.15) is 5.58 Å². The van der Waals surface area contributed by atoms with Gasteiger partial charge < -0.3 is 14.6 Å². The first-order chi connectivity index (χ1) is 11.1. The smallest absolute Gasteiger partial charge is 0.307 e. The van der Waals surface area contributed by atoms with Gasteiger partial charge in [-0.15, -0.1) is 0 Å². The highest BCUT2D eigenvalue weighted by Gasteiger charge is 2.16. The molecule has 116 valence electrons. The normalized spacial score (nSPS) is 11.2. The number of hydrogen-bond acceptors (Lipinski definition) is 5. The molecule has 0 saturated carbocycles. The number of nitrogens with one attached hydrogen (secondary N) is 1. The summed E-state index contributed by atoms with van der Waals surface area (Å²) in [5.41, 5.74) is 4.29. The number of fused-ring (bicyclic) bond motifs is 1. The molecule has 6 nitrogen and oxygen atoms in total. The zero-order valence-electron chi connectivity index (χ0n) is 12.3. The van der Waals surface area contributed by atoms with Crippen molar-refractivity contribution in [1.82, 2.24) is 5.43 Å². The summed E-state index contributed by atoms with van der Waals surface area (Å²) in [5.74, 6) is -0.729. The number of carbonyl (C=O) groups excluding carboxylic acids is 1. The molecular weight excluding hydrogens is 296 g/mol. The van der Waals surface area contributed by atoms with Gasteiger partial charge in [-0.1, -0.05) is 18.2 Å². The third-order valence-electron chi connectivity index (χ3n) is 3.43. The molecule has 0 unspecified atom stereocenters. The quantitative estimate of drug-likeness (QED) is 0.394. The molecule has 0 spiro atoms. The molecule has 0 aliphatic carbocycles. The Morgan fingerprint density at radius 2 is 1.96 bits per heavy atom. The van der Waals surface area contributed by atoms with Crippen LogP contribution in [-0.2, 0) is 0 Å². The van der Waals surface area contributed by atoms with Crippen molar-refractivity contribution < 1.29 is 19.4 Å². The predicted octanol–water partition coefficient (Wildman–Crippen LogP) is 2.92. The Balaban J connectivity index is 1.77. The van der Waals surface area contributed by atoms with Crippen molar-refractivity contribution >= 4 is 23.1 Å². The number of furan rings is 1. The maximum absolute atomic E-state index is 12.1. The third kappa shape index (κ3) is 2.87. The van der Waals surface area contributed by atoms with Gasteiger partial charge in [0, 0.05) is 10.9 Å². The molecule has 3 N–H and O–H groups in total. The number of amides is 1. The molecule has 0 bridgehead atoms. The van der Waals surface area contributed by atoms with Crippen LogP contribution >= 0.6 is 0 Å². The molecule has 0 atom stereocenters. The minimum atomic E-state index is -0.460. The molecule has 0 aliphatic rings. The van der Waals surface area contributed by atoms with Crippen LogP contribution in [0.25, 0.3) is 11.0 Å². The highest BCUT2D eigenvalue weighted by Crippen LogP contribution is 2.25. The van der Waals surface area contributed by atoms with Gasteiger partial charge in [-0.25, -0.2) is 5.43 Å². The van der Waals surface area contributed by atoms with Crippen molar-refractivity contribution in [2.45, 2.75) is 6.92 Å². The van der Waals surface area contributed by atoms with Gasteiger partial charge in [-0.3, -0.25) is 4.79 Å². The lowest BCUT2D eigenvalue weighted by molar-refractivity contribution is 0.0929. The Labute approximate surface area is 131 Å². The number of para-hydroxylation sites is 1. The first-order valence-electron chi connectivity index (χ1n) is 6.90. The molecule has 2 aromatic carbocycles. The molecule has 0 fully saturated rings. The Hall–Kier alpha value is -3.28. The maximum atomic E-state index is 12.1. The number of nitrogens with zero attached hydrogens (tertiary/aromatic N) is 1. The lowest BCUT2D eigenvalue weighted by atomic mass is 10.1. The Bertz CT molecular complexity index is 912. The third-order valence-corrected chi connectivity index (χ3v) is 3.43. The van der Waals surface area contributed by atoms with Crippen LogP contribution in [0.3, 0.4) is 0 Å².